The molecule has 1 aromatic carbocycles. The van der Waals surface area contributed by atoms with E-state index in [2.05, 4.69) is 33.8 Å². The molecule has 1 saturated carbocycles. The van der Waals surface area contributed by atoms with Crippen LogP contribution in [0.3, 0.4) is 0 Å². The molecular weight excluding hydrogens is 306 g/mol. The van der Waals surface area contributed by atoms with Crippen LogP contribution in [0, 0.1) is 5.92 Å². The van der Waals surface area contributed by atoms with E-state index in [1.165, 1.54) is 12.8 Å². The van der Waals surface area contributed by atoms with Gasteiger partial charge >= 0.3 is 0 Å². The molecule has 0 aliphatic heterocycles. The van der Waals surface area contributed by atoms with E-state index in [0.29, 0.717) is 12.6 Å². The first-order chi connectivity index (χ1) is 9.17. The lowest BCUT2D eigenvalue weighted by atomic mass is 10.1. The van der Waals surface area contributed by atoms with Crippen LogP contribution >= 0.6 is 15.9 Å². The zero-order valence-electron chi connectivity index (χ0n) is 11.6. The van der Waals surface area contributed by atoms with Gasteiger partial charge in [0.25, 0.3) is 0 Å². The SMILES string of the molecule is COCCN(c1cc(Br)ccc1CO)C(C)C1CC1. The molecule has 1 atom stereocenters. The average Bonchev–Trinajstić information content (AvgIpc) is 3.23. The molecule has 0 saturated heterocycles. The molecule has 0 heterocycles. The number of hydrogen-bond donors (Lipinski definition) is 1. The first kappa shape index (κ1) is 14.8. The van der Waals surface area contributed by atoms with Crippen molar-refractivity contribution in [3.63, 3.8) is 0 Å². The van der Waals surface area contributed by atoms with Crippen molar-refractivity contribution in [1.29, 1.82) is 0 Å². The second kappa shape index (κ2) is 6.73. The number of aliphatic hydroxyl groups is 1. The van der Waals surface area contributed by atoms with Gasteiger partial charge in [-0.1, -0.05) is 22.0 Å². The van der Waals surface area contributed by atoms with Crippen molar-refractivity contribution in [2.45, 2.75) is 32.4 Å². The lowest BCUT2D eigenvalue weighted by Crippen LogP contribution is -2.38. The summed E-state index contributed by atoms with van der Waals surface area (Å²) < 4.78 is 6.28. The predicted octanol–water partition coefficient (Wildman–Crippen LogP) is 3.19. The lowest BCUT2D eigenvalue weighted by molar-refractivity contribution is 0.202. The van der Waals surface area contributed by atoms with Crippen LogP contribution in [0.4, 0.5) is 5.69 Å². The number of nitrogens with zero attached hydrogens (tertiary/aromatic N) is 1. The maximum atomic E-state index is 9.55. The van der Waals surface area contributed by atoms with Gasteiger partial charge in [-0.2, -0.15) is 0 Å². The number of halogens is 1. The van der Waals surface area contributed by atoms with Crippen LogP contribution in [0.25, 0.3) is 0 Å². The molecule has 19 heavy (non-hydrogen) atoms. The Labute approximate surface area is 123 Å². The van der Waals surface area contributed by atoms with Crippen molar-refractivity contribution in [1.82, 2.24) is 0 Å². The number of aliphatic hydroxyl groups excluding tert-OH is 1. The number of rotatable bonds is 7. The Hall–Kier alpha value is -0.580. The van der Waals surface area contributed by atoms with E-state index >= 15 is 0 Å². The van der Waals surface area contributed by atoms with Gasteiger partial charge in [0.1, 0.15) is 0 Å². The van der Waals surface area contributed by atoms with Crippen molar-refractivity contribution >= 4 is 21.6 Å². The topological polar surface area (TPSA) is 32.7 Å². The highest BCUT2D eigenvalue weighted by atomic mass is 79.9. The van der Waals surface area contributed by atoms with Gasteiger partial charge in [-0.3, -0.25) is 0 Å². The smallest absolute Gasteiger partial charge is 0.0702 e. The maximum absolute atomic E-state index is 9.55. The van der Waals surface area contributed by atoms with Crippen LogP contribution in [0.15, 0.2) is 22.7 Å². The van der Waals surface area contributed by atoms with E-state index in [-0.39, 0.29) is 6.61 Å². The summed E-state index contributed by atoms with van der Waals surface area (Å²) in [6.07, 6.45) is 2.63. The highest BCUT2D eigenvalue weighted by Gasteiger charge is 2.32. The second-order valence-corrected chi connectivity index (χ2v) is 6.11. The van der Waals surface area contributed by atoms with Crippen LogP contribution in [-0.2, 0) is 11.3 Å². The highest BCUT2D eigenvalue weighted by Crippen LogP contribution is 2.38. The molecule has 106 valence electrons. The quantitative estimate of drug-likeness (QED) is 0.834. The highest BCUT2D eigenvalue weighted by molar-refractivity contribution is 9.10. The molecule has 0 spiro atoms. The third-order valence-electron chi connectivity index (χ3n) is 3.86. The Morgan fingerprint density at radius 3 is 2.79 bits per heavy atom. The van der Waals surface area contributed by atoms with E-state index in [4.69, 9.17) is 4.74 Å². The van der Waals surface area contributed by atoms with Gasteiger partial charge in [-0.05, 0) is 37.8 Å². The Morgan fingerprint density at radius 2 is 2.21 bits per heavy atom. The zero-order chi connectivity index (χ0) is 13.8. The van der Waals surface area contributed by atoms with Gasteiger partial charge < -0.3 is 14.7 Å². The zero-order valence-corrected chi connectivity index (χ0v) is 13.2. The van der Waals surface area contributed by atoms with E-state index in [0.717, 1.165) is 28.2 Å². The number of hydrogen-bond acceptors (Lipinski definition) is 3. The van der Waals surface area contributed by atoms with Crippen molar-refractivity contribution in [3.8, 4) is 0 Å². The molecule has 2 rings (SSSR count). The van der Waals surface area contributed by atoms with E-state index in [9.17, 15) is 5.11 Å². The summed E-state index contributed by atoms with van der Waals surface area (Å²) in [6.45, 7) is 3.91. The second-order valence-electron chi connectivity index (χ2n) is 5.20. The van der Waals surface area contributed by atoms with E-state index in [1.54, 1.807) is 7.11 Å². The fourth-order valence-corrected chi connectivity index (χ4v) is 2.85. The van der Waals surface area contributed by atoms with Gasteiger partial charge in [-0.25, -0.2) is 0 Å². The number of anilines is 1. The monoisotopic (exact) mass is 327 g/mol. The molecule has 0 aromatic heterocycles. The summed E-state index contributed by atoms with van der Waals surface area (Å²) in [7, 11) is 1.73. The van der Waals surface area contributed by atoms with Crippen LogP contribution in [0.1, 0.15) is 25.3 Å². The van der Waals surface area contributed by atoms with E-state index in [1.807, 2.05) is 12.1 Å². The minimum absolute atomic E-state index is 0.0729. The standard InChI is InChI=1S/C15H22BrNO2/c1-11(12-3-4-12)17(7-8-19-2)15-9-14(16)6-5-13(15)10-18/h5-6,9,11-12,18H,3-4,7-8,10H2,1-2H3. The summed E-state index contributed by atoms with van der Waals surface area (Å²) in [5.74, 6) is 0.780. The summed E-state index contributed by atoms with van der Waals surface area (Å²) in [5.41, 5.74) is 2.10. The molecule has 1 aromatic rings. The minimum Gasteiger partial charge on any atom is -0.392 e. The predicted molar refractivity (Wildman–Crippen MR) is 81.5 cm³/mol. The molecule has 1 fully saturated rings. The van der Waals surface area contributed by atoms with Crippen molar-refractivity contribution in [2.24, 2.45) is 5.92 Å². The third kappa shape index (κ3) is 3.71. The summed E-state index contributed by atoms with van der Waals surface area (Å²) in [4.78, 5) is 2.37. The summed E-state index contributed by atoms with van der Waals surface area (Å²) >= 11 is 3.52. The third-order valence-corrected chi connectivity index (χ3v) is 4.35. The van der Waals surface area contributed by atoms with Crippen molar-refractivity contribution in [3.05, 3.63) is 28.2 Å². The fraction of sp³-hybridized carbons (Fsp3) is 0.600. The lowest BCUT2D eigenvalue weighted by Gasteiger charge is -2.33. The van der Waals surface area contributed by atoms with Gasteiger partial charge in [0.05, 0.1) is 13.2 Å². The summed E-state index contributed by atoms with van der Waals surface area (Å²) in [6, 6.07) is 6.55. The molecular formula is C15H22BrNO2. The molecule has 1 unspecified atom stereocenters. The van der Waals surface area contributed by atoms with Crippen LogP contribution < -0.4 is 4.90 Å². The van der Waals surface area contributed by atoms with Crippen LogP contribution in [-0.4, -0.2) is 31.4 Å². The number of methoxy groups -OCH3 is 1. The molecule has 1 aliphatic rings. The first-order valence-electron chi connectivity index (χ1n) is 6.82. The largest absolute Gasteiger partial charge is 0.392 e. The maximum Gasteiger partial charge on any atom is 0.0702 e. The molecule has 0 amide bonds. The normalized spacial score (nSPS) is 16.4. The molecule has 0 bridgehead atoms. The Morgan fingerprint density at radius 1 is 1.47 bits per heavy atom. The number of ether oxygens (including phenoxy) is 1. The summed E-state index contributed by atoms with van der Waals surface area (Å²) in [5, 5.41) is 9.55. The van der Waals surface area contributed by atoms with Crippen LogP contribution in [0.5, 0.6) is 0 Å². The van der Waals surface area contributed by atoms with Gasteiger partial charge in [-0.15, -0.1) is 0 Å². The first-order valence-corrected chi connectivity index (χ1v) is 7.61. The average molecular weight is 328 g/mol. The Balaban J connectivity index is 2.27. The van der Waals surface area contributed by atoms with Crippen molar-refractivity contribution in [2.75, 3.05) is 25.2 Å². The van der Waals surface area contributed by atoms with Crippen LogP contribution in [0.2, 0.25) is 0 Å². The minimum atomic E-state index is 0.0729. The van der Waals surface area contributed by atoms with Gasteiger partial charge in [0.15, 0.2) is 0 Å². The molecule has 1 N–H and O–H groups in total. The fourth-order valence-electron chi connectivity index (χ4n) is 2.50. The molecule has 3 nitrogen and oxygen atoms in total. The molecule has 4 heteroatoms. The molecule has 0 radical (unpaired) electrons. The van der Waals surface area contributed by atoms with Gasteiger partial charge in [0, 0.05) is 35.4 Å². The Bertz CT molecular complexity index is 421. The number of benzene rings is 1. The van der Waals surface area contributed by atoms with Crippen molar-refractivity contribution < 1.29 is 9.84 Å². The Kier molecular flexibility index (Phi) is 5.25. The van der Waals surface area contributed by atoms with E-state index < -0.39 is 0 Å². The molecule has 1 aliphatic carbocycles. The van der Waals surface area contributed by atoms with Gasteiger partial charge in [0.2, 0.25) is 0 Å².